The van der Waals surface area contributed by atoms with Crippen LogP contribution >= 0.6 is 22.6 Å². The molecule has 1 rings (SSSR count). The molecule has 1 nitrogen and oxygen atoms in total. The number of aromatic hydroxyl groups is 1. The molecule has 0 aliphatic heterocycles. The first-order valence-electron chi connectivity index (χ1n) is 4.13. The smallest absolute Gasteiger partial charge is 0.119 e. The van der Waals surface area contributed by atoms with E-state index in [-0.39, 0.29) is 0 Å². The summed E-state index contributed by atoms with van der Waals surface area (Å²) in [6.45, 7) is 4.26. The quantitative estimate of drug-likeness (QED) is 0.819. The zero-order chi connectivity index (χ0) is 9.14. The van der Waals surface area contributed by atoms with Gasteiger partial charge in [-0.25, -0.2) is 0 Å². The van der Waals surface area contributed by atoms with Gasteiger partial charge in [-0.2, -0.15) is 0 Å². The molecule has 0 aliphatic rings. The van der Waals surface area contributed by atoms with Crippen LogP contribution in [0.1, 0.15) is 31.7 Å². The summed E-state index contributed by atoms with van der Waals surface area (Å²) in [5.74, 6) is 0.865. The van der Waals surface area contributed by atoms with E-state index in [9.17, 15) is 5.11 Å². The zero-order valence-electron chi connectivity index (χ0n) is 7.34. The lowest BCUT2D eigenvalue weighted by molar-refractivity contribution is 0.461. The molecule has 1 aromatic carbocycles. The normalized spacial score (nSPS) is 12.9. The highest BCUT2D eigenvalue weighted by Gasteiger charge is 2.07. The van der Waals surface area contributed by atoms with Crippen LogP contribution < -0.4 is 0 Å². The summed E-state index contributed by atoms with van der Waals surface area (Å²) < 4.78 is 1.18. The van der Waals surface area contributed by atoms with Crippen LogP contribution in [0.3, 0.4) is 0 Å². The molecule has 1 aromatic rings. The van der Waals surface area contributed by atoms with Gasteiger partial charge in [-0.3, -0.25) is 0 Å². The van der Waals surface area contributed by atoms with E-state index in [1.807, 2.05) is 12.1 Å². The monoisotopic (exact) mass is 276 g/mol. The molecule has 0 spiro atoms. The number of benzene rings is 1. The molecule has 0 heterocycles. The molecule has 66 valence electrons. The van der Waals surface area contributed by atoms with E-state index in [4.69, 9.17) is 0 Å². The van der Waals surface area contributed by atoms with Crippen LogP contribution in [0, 0.1) is 3.57 Å². The number of halogens is 1. The summed E-state index contributed by atoms with van der Waals surface area (Å²) in [7, 11) is 0. The second kappa shape index (κ2) is 4.12. The highest BCUT2D eigenvalue weighted by atomic mass is 127. The van der Waals surface area contributed by atoms with E-state index in [1.165, 1.54) is 3.57 Å². The second-order valence-electron chi connectivity index (χ2n) is 3.01. The van der Waals surface area contributed by atoms with Crippen molar-refractivity contribution in [3.05, 3.63) is 27.3 Å². The topological polar surface area (TPSA) is 20.2 Å². The van der Waals surface area contributed by atoms with Crippen molar-refractivity contribution in [3.8, 4) is 5.75 Å². The van der Waals surface area contributed by atoms with Gasteiger partial charge in [0.2, 0.25) is 0 Å². The van der Waals surface area contributed by atoms with Crippen LogP contribution in [0.2, 0.25) is 0 Å². The first kappa shape index (κ1) is 9.84. The van der Waals surface area contributed by atoms with E-state index in [0.29, 0.717) is 11.7 Å². The summed E-state index contributed by atoms with van der Waals surface area (Å²) in [6, 6.07) is 5.73. The minimum absolute atomic E-state index is 0.421. The van der Waals surface area contributed by atoms with Gasteiger partial charge < -0.3 is 5.11 Å². The molecule has 2 heteroatoms. The third-order valence-corrected chi connectivity index (χ3v) is 2.80. The van der Waals surface area contributed by atoms with Crippen molar-refractivity contribution in [2.45, 2.75) is 26.2 Å². The molecule has 0 saturated carbocycles. The third kappa shape index (κ3) is 2.12. The number of hydrogen-bond acceptors (Lipinski definition) is 1. The van der Waals surface area contributed by atoms with Gasteiger partial charge in [0.15, 0.2) is 0 Å². The molecule has 12 heavy (non-hydrogen) atoms. The van der Waals surface area contributed by atoms with Crippen molar-refractivity contribution in [2.24, 2.45) is 0 Å². The van der Waals surface area contributed by atoms with E-state index < -0.39 is 0 Å². The summed E-state index contributed by atoms with van der Waals surface area (Å²) >= 11 is 2.26. The standard InChI is InChI=1S/C10H13IO/c1-3-7(2)9-6-8(11)4-5-10(9)12/h4-7,12H,3H2,1-2H3. The van der Waals surface area contributed by atoms with Gasteiger partial charge in [-0.05, 0) is 58.7 Å². The SMILES string of the molecule is CCC(C)c1cc(I)ccc1O. The Balaban J connectivity index is 3.04. The van der Waals surface area contributed by atoms with Crippen LogP contribution in [0.4, 0.5) is 0 Å². The maximum atomic E-state index is 9.53. The Bertz CT molecular complexity index is 271. The summed E-state index contributed by atoms with van der Waals surface area (Å²) in [4.78, 5) is 0. The molecular weight excluding hydrogens is 263 g/mol. The third-order valence-electron chi connectivity index (χ3n) is 2.13. The number of hydrogen-bond donors (Lipinski definition) is 1. The Morgan fingerprint density at radius 3 is 2.75 bits per heavy atom. The first-order valence-corrected chi connectivity index (χ1v) is 5.21. The van der Waals surface area contributed by atoms with E-state index in [0.717, 1.165) is 12.0 Å². The van der Waals surface area contributed by atoms with Crippen molar-refractivity contribution in [1.29, 1.82) is 0 Å². The van der Waals surface area contributed by atoms with Gasteiger partial charge in [0.05, 0.1) is 0 Å². The van der Waals surface area contributed by atoms with Crippen LogP contribution in [-0.2, 0) is 0 Å². The van der Waals surface area contributed by atoms with Gasteiger partial charge in [0, 0.05) is 3.57 Å². The van der Waals surface area contributed by atoms with Gasteiger partial charge in [0.25, 0.3) is 0 Å². The molecule has 1 unspecified atom stereocenters. The number of rotatable bonds is 2. The number of phenolic OH excluding ortho intramolecular Hbond substituents is 1. The second-order valence-corrected chi connectivity index (χ2v) is 4.26. The molecule has 1 N–H and O–H groups in total. The fourth-order valence-electron chi connectivity index (χ4n) is 1.14. The number of phenols is 1. The Labute approximate surface area is 86.9 Å². The molecular formula is C10H13IO. The Hall–Kier alpha value is -0.250. The lowest BCUT2D eigenvalue weighted by Gasteiger charge is -2.10. The van der Waals surface area contributed by atoms with Crippen LogP contribution in [0.5, 0.6) is 5.75 Å². The molecule has 0 aromatic heterocycles. The van der Waals surface area contributed by atoms with Crippen molar-refractivity contribution in [3.63, 3.8) is 0 Å². The predicted octanol–water partition coefficient (Wildman–Crippen LogP) is 3.51. The maximum Gasteiger partial charge on any atom is 0.119 e. The largest absolute Gasteiger partial charge is 0.508 e. The van der Waals surface area contributed by atoms with Crippen molar-refractivity contribution < 1.29 is 5.11 Å². The average Bonchev–Trinajstić information content (AvgIpc) is 2.08. The van der Waals surface area contributed by atoms with Crippen molar-refractivity contribution in [2.75, 3.05) is 0 Å². The summed E-state index contributed by atoms with van der Waals surface area (Å²) in [5, 5.41) is 9.53. The van der Waals surface area contributed by atoms with Crippen LogP contribution in [0.25, 0.3) is 0 Å². The fourth-order valence-corrected chi connectivity index (χ4v) is 1.66. The van der Waals surface area contributed by atoms with E-state index in [2.05, 4.69) is 36.4 Å². The van der Waals surface area contributed by atoms with E-state index >= 15 is 0 Å². The van der Waals surface area contributed by atoms with Crippen molar-refractivity contribution >= 4 is 22.6 Å². The van der Waals surface area contributed by atoms with Gasteiger partial charge >= 0.3 is 0 Å². The van der Waals surface area contributed by atoms with Crippen LogP contribution in [0.15, 0.2) is 18.2 Å². The molecule has 0 amide bonds. The Kier molecular flexibility index (Phi) is 3.38. The van der Waals surface area contributed by atoms with Gasteiger partial charge in [0.1, 0.15) is 5.75 Å². The zero-order valence-corrected chi connectivity index (χ0v) is 9.50. The van der Waals surface area contributed by atoms with Crippen molar-refractivity contribution in [1.82, 2.24) is 0 Å². The predicted molar refractivity (Wildman–Crippen MR) is 59.5 cm³/mol. The summed E-state index contributed by atoms with van der Waals surface area (Å²) in [5.41, 5.74) is 1.06. The summed E-state index contributed by atoms with van der Waals surface area (Å²) in [6.07, 6.45) is 1.06. The average molecular weight is 276 g/mol. The van der Waals surface area contributed by atoms with E-state index in [1.54, 1.807) is 6.07 Å². The van der Waals surface area contributed by atoms with Gasteiger partial charge in [-0.1, -0.05) is 13.8 Å². The Morgan fingerprint density at radius 2 is 2.17 bits per heavy atom. The minimum Gasteiger partial charge on any atom is -0.508 e. The minimum atomic E-state index is 0.421. The molecule has 0 saturated heterocycles. The molecule has 0 bridgehead atoms. The van der Waals surface area contributed by atoms with Crippen LogP contribution in [-0.4, -0.2) is 5.11 Å². The lowest BCUT2D eigenvalue weighted by Crippen LogP contribution is -1.92. The first-order chi connectivity index (χ1) is 5.65. The Morgan fingerprint density at radius 1 is 1.50 bits per heavy atom. The maximum absolute atomic E-state index is 9.53. The highest BCUT2D eigenvalue weighted by molar-refractivity contribution is 14.1. The van der Waals surface area contributed by atoms with Gasteiger partial charge in [-0.15, -0.1) is 0 Å². The molecule has 0 fully saturated rings. The fraction of sp³-hybridized carbons (Fsp3) is 0.400. The molecule has 0 radical (unpaired) electrons. The molecule has 1 atom stereocenters. The highest BCUT2D eigenvalue weighted by Crippen LogP contribution is 2.28. The lowest BCUT2D eigenvalue weighted by atomic mass is 9.98. The molecule has 0 aliphatic carbocycles.